The third kappa shape index (κ3) is 3.24. The summed E-state index contributed by atoms with van der Waals surface area (Å²) in [5.74, 6) is 0.415. The summed E-state index contributed by atoms with van der Waals surface area (Å²) in [6, 6.07) is 5.34. The second-order valence-electron chi connectivity index (χ2n) is 9.55. The summed E-state index contributed by atoms with van der Waals surface area (Å²) in [6.07, 6.45) is 10.7. The van der Waals surface area contributed by atoms with Gasteiger partial charge >= 0.3 is 0 Å². The molecular formula is C24H25FN4O. The highest BCUT2D eigenvalue weighted by Crippen LogP contribution is 2.58. The monoisotopic (exact) mass is 404 g/mol. The summed E-state index contributed by atoms with van der Waals surface area (Å²) in [5, 5.41) is 20.6. The molecule has 2 aliphatic carbocycles. The van der Waals surface area contributed by atoms with Crippen LogP contribution in [0.3, 0.4) is 0 Å². The van der Waals surface area contributed by atoms with Crippen molar-refractivity contribution in [3.8, 4) is 17.1 Å². The van der Waals surface area contributed by atoms with Crippen LogP contribution >= 0.6 is 0 Å². The van der Waals surface area contributed by atoms with E-state index in [2.05, 4.69) is 34.0 Å². The molecule has 1 aromatic carbocycles. The van der Waals surface area contributed by atoms with Crippen LogP contribution < -0.4 is 0 Å². The topological polar surface area (TPSA) is 71.8 Å². The number of rotatable bonds is 2. The lowest BCUT2D eigenvalue weighted by molar-refractivity contribution is -0.00517. The van der Waals surface area contributed by atoms with Crippen LogP contribution in [0.25, 0.3) is 28.2 Å². The van der Waals surface area contributed by atoms with Gasteiger partial charge in [-0.2, -0.15) is 0 Å². The fourth-order valence-electron chi connectivity index (χ4n) is 5.56. The smallest absolute Gasteiger partial charge is 0.185 e. The van der Waals surface area contributed by atoms with Crippen molar-refractivity contribution in [3.05, 3.63) is 48.1 Å². The summed E-state index contributed by atoms with van der Waals surface area (Å²) in [4.78, 5) is 8.47. The van der Waals surface area contributed by atoms with Gasteiger partial charge in [0.2, 0.25) is 0 Å². The van der Waals surface area contributed by atoms with Crippen molar-refractivity contribution < 1.29 is 9.50 Å². The first-order chi connectivity index (χ1) is 14.4. The van der Waals surface area contributed by atoms with Crippen LogP contribution in [0.2, 0.25) is 0 Å². The molecule has 0 unspecified atom stereocenters. The van der Waals surface area contributed by atoms with Gasteiger partial charge in [-0.05, 0) is 66.3 Å². The maximum Gasteiger partial charge on any atom is 0.185 e. The number of halogens is 1. The number of alkyl halides is 1. The van der Waals surface area contributed by atoms with E-state index in [1.165, 1.54) is 0 Å². The highest BCUT2D eigenvalue weighted by molar-refractivity contribution is 5.88. The molecule has 5 nitrogen and oxygen atoms in total. The molecular weight excluding hydrogens is 379 g/mol. The van der Waals surface area contributed by atoms with Crippen molar-refractivity contribution in [2.45, 2.75) is 52.1 Å². The van der Waals surface area contributed by atoms with Gasteiger partial charge in [-0.15, -0.1) is 10.2 Å². The number of hydrogen-bond acceptors (Lipinski definition) is 5. The predicted octanol–water partition coefficient (Wildman–Crippen LogP) is 5.50. The zero-order valence-electron chi connectivity index (χ0n) is 17.3. The van der Waals surface area contributed by atoms with Gasteiger partial charge in [0.25, 0.3) is 0 Å². The quantitative estimate of drug-likeness (QED) is 0.610. The van der Waals surface area contributed by atoms with Gasteiger partial charge in [0.15, 0.2) is 5.82 Å². The fourth-order valence-corrected chi connectivity index (χ4v) is 5.56. The van der Waals surface area contributed by atoms with E-state index in [-0.39, 0.29) is 16.6 Å². The van der Waals surface area contributed by atoms with Crippen molar-refractivity contribution >= 4 is 16.8 Å². The van der Waals surface area contributed by atoms with E-state index in [9.17, 15) is 5.11 Å². The Labute approximate surface area is 175 Å². The third-order valence-electron chi connectivity index (χ3n) is 6.84. The fraction of sp³-hybridized carbons (Fsp3) is 0.417. The zero-order valence-corrected chi connectivity index (χ0v) is 17.3. The number of phenols is 1. The lowest BCUT2D eigenvalue weighted by Gasteiger charge is -2.52. The molecule has 0 spiro atoms. The number of aromatic nitrogens is 4. The number of pyridine rings is 1. The van der Waals surface area contributed by atoms with Crippen molar-refractivity contribution in [3.63, 3.8) is 0 Å². The SMILES string of the molecule is C[C@]12CCC[C@](C)(C1)[C@@H](F)/C(=C/c1cnc(-c3cc4ccncc4cc3O)nn1)C2. The number of phenolic OH excluding ortho intramolecular Hbond substituents is 1. The first kappa shape index (κ1) is 19.1. The van der Waals surface area contributed by atoms with Gasteiger partial charge in [-0.1, -0.05) is 20.3 Å². The largest absolute Gasteiger partial charge is 0.507 e. The molecule has 0 radical (unpaired) electrons. The average molecular weight is 404 g/mol. The standard InChI is InChI=1S/C24H25FN4O/c1-23-5-3-6-24(2,14-23)21(25)16(11-23)8-18-13-27-22(29-28-18)19-9-15-4-7-26-12-17(15)10-20(19)30/h4,7-10,12-13,21,30H,3,5-6,11,14H2,1-2H3/b16-8+/t21-,23+,24+/m0/s1. The lowest BCUT2D eigenvalue weighted by atomic mass is 9.54. The van der Waals surface area contributed by atoms with Crippen molar-refractivity contribution in [2.75, 3.05) is 0 Å². The van der Waals surface area contributed by atoms with Gasteiger partial charge in [-0.3, -0.25) is 4.98 Å². The maximum atomic E-state index is 15.3. The van der Waals surface area contributed by atoms with E-state index >= 15 is 4.39 Å². The van der Waals surface area contributed by atoms with Crippen LogP contribution in [0.1, 0.15) is 51.6 Å². The molecule has 3 aromatic rings. The molecule has 0 amide bonds. The Morgan fingerprint density at radius 1 is 1.13 bits per heavy atom. The van der Waals surface area contributed by atoms with Crippen molar-refractivity contribution in [1.82, 2.24) is 20.2 Å². The molecule has 2 aliphatic rings. The van der Waals surface area contributed by atoms with E-state index in [1.807, 2.05) is 18.2 Å². The van der Waals surface area contributed by atoms with E-state index in [1.54, 1.807) is 24.7 Å². The first-order valence-electron chi connectivity index (χ1n) is 10.5. The van der Waals surface area contributed by atoms with Crippen molar-refractivity contribution in [2.24, 2.45) is 10.8 Å². The van der Waals surface area contributed by atoms with Crippen LogP contribution in [0, 0.1) is 10.8 Å². The number of hydrogen-bond donors (Lipinski definition) is 1. The molecule has 154 valence electrons. The Morgan fingerprint density at radius 2 is 2.00 bits per heavy atom. The number of benzene rings is 1. The van der Waals surface area contributed by atoms with Crippen LogP contribution in [0.4, 0.5) is 4.39 Å². The number of allylic oxidation sites excluding steroid dienone is 1. The van der Waals surface area contributed by atoms with Crippen LogP contribution in [-0.4, -0.2) is 31.4 Å². The van der Waals surface area contributed by atoms with Gasteiger partial charge in [0.1, 0.15) is 17.6 Å². The summed E-state index contributed by atoms with van der Waals surface area (Å²) >= 11 is 0. The van der Waals surface area contributed by atoms with E-state index in [0.29, 0.717) is 17.1 Å². The molecule has 2 saturated carbocycles. The van der Waals surface area contributed by atoms with Crippen LogP contribution in [0.5, 0.6) is 5.75 Å². The second-order valence-corrected chi connectivity index (χ2v) is 9.55. The lowest BCUT2D eigenvalue weighted by Crippen LogP contribution is -2.45. The predicted molar refractivity (Wildman–Crippen MR) is 114 cm³/mol. The first-order valence-corrected chi connectivity index (χ1v) is 10.5. The highest BCUT2D eigenvalue weighted by Gasteiger charge is 2.50. The summed E-state index contributed by atoms with van der Waals surface area (Å²) in [7, 11) is 0. The summed E-state index contributed by atoms with van der Waals surface area (Å²) in [6.45, 7) is 4.35. The van der Waals surface area contributed by atoms with E-state index < -0.39 is 6.17 Å². The molecule has 0 aliphatic heterocycles. The van der Waals surface area contributed by atoms with Gasteiger partial charge in [0, 0.05) is 23.2 Å². The maximum absolute atomic E-state index is 15.3. The van der Waals surface area contributed by atoms with Crippen LogP contribution in [-0.2, 0) is 0 Å². The Balaban J connectivity index is 1.46. The van der Waals surface area contributed by atoms with Crippen LogP contribution in [0.15, 0.2) is 42.4 Å². The molecule has 2 bridgehead atoms. The molecule has 6 heteroatoms. The highest BCUT2D eigenvalue weighted by atomic mass is 19.1. The van der Waals surface area contributed by atoms with Gasteiger partial charge < -0.3 is 5.11 Å². The minimum atomic E-state index is -0.953. The average Bonchev–Trinajstić information content (AvgIpc) is 2.72. The summed E-state index contributed by atoms with van der Waals surface area (Å²) in [5.41, 5.74) is 1.73. The Kier molecular flexibility index (Phi) is 4.34. The zero-order chi connectivity index (χ0) is 20.9. The Bertz CT molecular complexity index is 1150. The molecule has 3 atom stereocenters. The molecule has 2 heterocycles. The minimum Gasteiger partial charge on any atom is -0.507 e. The number of aromatic hydroxyl groups is 1. The number of fused-ring (bicyclic) bond motifs is 3. The molecule has 30 heavy (non-hydrogen) atoms. The molecule has 0 saturated heterocycles. The molecule has 1 N–H and O–H groups in total. The minimum absolute atomic E-state index is 0.0770. The van der Waals surface area contributed by atoms with Gasteiger partial charge in [-0.25, -0.2) is 9.37 Å². The normalized spacial score (nSPS) is 30.0. The molecule has 2 fully saturated rings. The molecule has 5 rings (SSSR count). The second kappa shape index (κ2) is 6.83. The third-order valence-corrected chi connectivity index (χ3v) is 6.84. The Morgan fingerprint density at radius 3 is 2.80 bits per heavy atom. The van der Waals surface area contributed by atoms with Gasteiger partial charge in [0.05, 0.1) is 11.8 Å². The van der Waals surface area contributed by atoms with E-state index in [4.69, 9.17) is 0 Å². The van der Waals surface area contributed by atoms with E-state index in [0.717, 1.165) is 48.4 Å². The summed E-state index contributed by atoms with van der Waals surface area (Å²) < 4.78 is 15.3. The molecule has 2 aromatic heterocycles. The van der Waals surface area contributed by atoms with Crippen molar-refractivity contribution in [1.29, 1.82) is 0 Å². The number of nitrogens with zero attached hydrogens (tertiary/aromatic N) is 4. The Hall–Kier alpha value is -2.89.